The van der Waals surface area contributed by atoms with E-state index in [-0.39, 0.29) is 0 Å². The fourth-order valence-electron chi connectivity index (χ4n) is 2.11. The third kappa shape index (κ3) is 2.48. The Labute approximate surface area is 125 Å². The lowest BCUT2D eigenvalue weighted by Gasteiger charge is -2.00. The predicted molar refractivity (Wildman–Crippen MR) is 87.4 cm³/mol. The molecule has 0 spiro atoms. The molecule has 0 bridgehead atoms. The largest absolute Gasteiger partial charge is 0.422 e. The molecule has 0 saturated heterocycles. The van der Waals surface area contributed by atoms with E-state index in [4.69, 9.17) is 10.2 Å². The molecule has 106 valence electrons. The smallest absolute Gasteiger partial charge is 0.346 e. The van der Waals surface area contributed by atoms with Gasteiger partial charge in [0.15, 0.2) is 0 Å². The highest BCUT2D eigenvalue weighted by atomic mass is 32.1. The molecule has 2 N–H and O–H groups in total. The Hall–Kier alpha value is -2.40. The summed E-state index contributed by atoms with van der Waals surface area (Å²) in [4.78, 5) is 17.7. The Morgan fingerprint density at radius 1 is 1.33 bits per heavy atom. The van der Waals surface area contributed by atoms with Crippen LogP contribution in [0.2, 0.25) is 0 Å². The number of nitrogen functional groups attached to an aromatic ring is 1. The van der Waals surface area contributed by atoms with Crippen LogP contribution in [0.1, 0.15) is 17.5 Å². The number of aryl methyl sites for hydroxylation is 1. The van der Waals surface area contributed by atoms with Crippen molar-refractivity contribution in [2.45, 2.75) is 13.8 Å². The number of benzene rings is 1. The summed E-state index contributed by atoms with van der Waals surface area (Å²) in [5.41, 5.74) is 7.73. The average Bonchev–Trinajstić information content (AvgIpc) is 2.79. The highest BCUT2D eigenvalue weighted by molar-refractivity contribution is 7.15. The second kappa shape index (κ2) is 5.18. The molecule has 4 nitrogen and oxygen atoms in total. The van der Waals surface area contributed by atoms with Gasteiger partial charge in [0.05, 0.1) is 11.3 Å². The third-order valence-corrected chi connectivity index (χ3v) is 4.17. The monoisotopic (exact) mass is 298 g/mol. The average molecular weight is 298 g/mol. The molecule has 0 unspecified atom stereocenters. The molecule has 3 aromatic rings. The van der Waals surface area contributed by atoms with Crippen LogP contribution >= 0.6 is 11.3 Å². The first-order chi connectivity index (χ1) is 10.1. The van der Waals surface area contributed by atoms with E-state index in [9.17, 15) is 4.79 Å². The van der Waals surface area contributed by atoms with Crippen LogP contribution in [0.15, 0.2) is 39.6 Å². The molecular weight excluding hydrogens is 284 g/mol. The number of thiazole rings is 1. The van der Waals surface area contributed by atoms with Gasteiger partial charge in [-0.2, -0.15) is 0 Å². The van der Waals surface area contributed by atoms with E-state index < -0.39 is 5.63 Å². The summed E-state index contributed by atoms with van der Waals surface area (Å²) in [6.45, 7) is 3.92. The van der Waals surface area contributed by atoms with E-state index in [2.05, 4.69) is 4.98 Å². The van der Waals surface area contributed by atoms with Crippen LogP contribution in [0.4, 0.5) is 5.69 Å². The van der Waals surface area contributed by atoms with Gasteiger partial charge < -0.3 is 10.2 Å². The number of nitrogens with zero attached hydrogens (tertiary/aromatic N) is 1. The van der Waals surface area contributed by atoms with Gasteiger partial charge in [-0.25, -0.2) is 9.78 Å². The van der Waals surface area contributed by atoms with Gasteiger partial charge >= 0.3 is 5.63 Å². The molecule has 0 radical (unpaired) electrons. The highest BCUT2D eigenvalue weighted by Crippen LogP contribution is 2.28. The summed E-state index contributed by atoms with van der Waals surface area (Å²) in [6, 6.07) is 7.08. The predicted octanol–water partition coefficient (Wildman–Crippen LogP) is 3.84. The molecule has 0 fully saturated rings. The van der Waals surface area contributed by atoms with Crippen molar-refractivity contribution >= 4 is 34.1 Å². The Balaban J connectivity index is 2.20. The van der Waals surface area contributed by atoms with Gasteiger partial charge in [-0.15, -0.1) is 11.3 Å². The summed E-state index contributed by atoms with van der Waals surface area (Å²) < 4.78 is 5.35. The minimum atomic E-state index is -0.395. The van der Waals surface area contributed by atoms with Crippen molar-refractivity contribution in [1.29, 1.82) is 0 Å². The zero-order chi connectivity index (χ0) is 15.0. The van der Waals surface area contributed by atoms with Crippen molar-refractivity contribution in [3.63, 3.8) is 0 Å². The van der Waals surface area contributed by atoms with Crippen LogP contribution in [-0.4, -0.2) is 4.98 Å². The van der Waals surface area contributed by atoms with Crippen molar-refractivity contribution in [1.82, 2.24) is 4.98 Å². The van der Waals surface area contributed by atoms with Crippen molar-refractivity contribution < 1.29 is 4.42 Å². The molecule has 0 aliphatic carbocycles. The molecule has 0 amide bonds. The Bertz CT molecular complexity index is 906. The van der Waals surface area contributed by atoms with E-state index in [0.29, 0.717) is 21.8 Å². The molecule has 0 aliphatic heterocycles. The van der Waals surface area contributed by atoms with E-state index >= 15 is 0 Å². The van der Waals surface area contributed by atoms with Crippen molar-refractivity contribution in [2.24, 2.45) is 0 Å². The van der Waals surface area contributed by atoms with E-state index in [1.54, 1.807) is 18.2 Å². The summed E-state index contributed by atoms with van der Waals surface area (Å²) in [6.07, 6.45) is 3.86. The summed E-state index contributed by atoms with van der Waals surface area (Å²) in [5, 5.41) is 1.51. The first kappa shape index (κ1) is 13.6. The zero-order valence-corrected chi connectivity index (χ0v) is 12.5. The quantitative estimate of drug-likeness (QED) is 0.576. The maximum absolute atomic E-state index is 12.2. The van der Waals surface area contributed by atoms with E-state index in [1.807, 2.05) is 32.1 Å². The number of anilines is 1. The van der Waals surface area contributed by atoms with Crippen molar-refractivity contribution in [2.75, 3.05) is 5.73 Å². The highest BCUT2D eigenvalue weighted by Gasteiger charge is 2.13. The van der Waals surface area contributed by atoms with E-state index in [1.165, 1.54) is 11.3 Å². The molecule has 21 heavy (non-hydrogen) atoms. The normalized spacial score (nSPS) is 11.5. The second-order valence-corrected chi connectivity index (χ2v) is 5.91. The number of hydrogen-bond acceptors (Lipinski definition) is 5. The zero-order valence-electron chi connectivity index (χ0n) is 11.7. The minimum absolute atomic E-state index is 0.395. The molecule has 0 atom stereocenters. The Morgan fingerprint density at radius 3 is 2.90 bits per heavy atom. The van der Waals surface area contributed by atoms with Crippen molar-refractivity contribution in [3.8, 4) is 10.6 Å². The topological polar surface area (TPSA) is 69.1 Å². The number of hydrogen-bond donors (Lipinski definition) is 1. The van der Waals surface area contributed by atoms with Crippen molar-refractivity contribution in [3.05, 3.63) is 51.3 Å². The van der Waals surface area contributed by atoms with Gasteiger partial charge in [-0.05, 0) is 38.1 Å². The summed E-state index contributed by atoms with van der Waals surface area (Å²) in [7, 11) is 0. The van der Waals surface area contributed by atoms with Gasteiger partial charge in [-0.3, -0.25) is 0 Å². The van der Waals surface area contributed by atoms with Crippen LogP contribution in [0.25, 0.3) is 27.6 Å². The van der Waals surface area contributed by atoms with Gasteiger partial charge in [0.25, 0.3) is 0 Å². The molecule has 2 heterocycles. The maximum Gasteiger partial charge on any atom is 0.346 e. The number of rotatable bonds is 2. The van der Waals surface area contributed by atoms with Crippen LogP contribution in [0, 0.1) is 6.92 Å². The van der Waals surface area contributed by atoms with Gasteiger partial charge in [0, 0.05) is 22.0 Å². The van der Waals surface area contributed by atoms with Gasteiger partial charge in [0.1, 0.15) is 10.6 Å². The van der Waals surface area contributed by atoms with Crippen LogP contribution in [-0.2, 0) is 0 Å². The van der Waals surface area contributed by atoms with Gasteiger partial charge in [0.2, 0.25) is 0 Å². The minimum Gasteiger partial charge on any atom is -0.422 e. The molecule has 5 heteroatoms. The first-order valence-corrected chi connectivity index (χ1v) is 7.34. The molecule has 0 aliphatic rings. The summed E-state index contributed by atoms with van der Waals surface area (Å²) in [5.74, 6) is 0. The second-order valence-electron chi connectivity index (χ2n) is 4.71. The lowest BCUT2D eigenvalue weighted by molar-refractivity contribution is 0.563. The SMILES string of the molecule is C/C=C\c1nc(-c2cc3ccc(N)cc3oc2=O)sc1C. The fraction of sp³-hybridized carbons (Fsp3) is 0.125. The lowest BCUT2D eigenvalue weighted by atomic mass is 10.2. The molecule has 1 aromatic carbocycles. The summed E-state index contributed by atoms with van der Waals surface area (Å²) >= 11 is 1.49. The van der Waals surface area contributed by atoms with Gasteiger partial charge in [-0.1, -0.05) is 6.08 Å². The first-order valence-electron chi connectivity index (χ1n) is 6.52. The molecule has 3 rings (SSSR count). The number of nitrogens with two attached hydrogens (primary N) is 1. The number of aromatic nitrogens is 1. The Morgan fingerprint density at radius 2 is 2.14 bits per heavy atom. The lowest BCUT2D eigenvalue weighted by Crippen LogP contribution is -2.02. The fourth-order valence-corrected chi connectivity index (χ4v) is 3.02. The van der Waals surface area contributed by atoms with E-state index in [0.717, 1.165) is 16.0 Å². The van der Waals surface area contributed by atoms with Crippen LogP contribution < -0.4 is 11.4 Å². The van der Waals surface area contributed by atoms with Crippen LogP contribution in [0.5, 0.6) is 0 Å². The number of fused-ring (bicyclic) bond motifs is 1. The molecule has 0 saturated carbocycles. The molecular formula is C16H14N2O2S. The maximum atomic E-state index is 12.2. The standard InChI is InChI=1S/C16H14N2O2S/c1-3-4-13-9(2)21-15(18-13)12-7-10-5-6-11(17)8-14(10)20-16(12)19/h3-8H,17H2,1-2H3/b4-3-. The third-order valence-electron chi connectivity index (χ3n) is 3.15. The Kier molecular flexibility index (Phi) is 3.35. The van der Waals surface area contributed by atoms with Crippen LogP contribution in [0.3, 0.4) is 0 Å². The number of allylic oxidation sites excluding steroid dienone is 1. The molecule has 2 aromatic heterocycles.